The third-order valence-electron chi connectivity index (χ3n) is 7.11. The molecule has 50 heavy (non-hydrogen) atoms. The Hall–Kier alpha value is -4.97. The number of hydrogen-bond donors (Lipinski definition) is 10. The van der Waals surface area contributed by atoms with Gasteiger partial charge in [0.05, 0.1) is 13.1 Å². The third-order valence-corrected chi connectivity index (χ3v) is 7.11. The van der Waals surface area contributed by atoms with Gasteiger partial charge in [0.25, 0.3) is 0 Å². The number of amides is 7. The second-order valence-electron chi connectivity index (χ2n) is 11.4. The molecular formula is C31H53N7O12. The van der Waals surface area contributed by atoms with Crippen molar-refractivity contribution in [3.05, 3.63) is 0 Å². The van der Waals surface area contributed by atoms with E-state index in [-0.39, 0.29) is 63.0 Å². The molecule has 0 radical (unpaired) electrons. The molecular weight excluding hydrogens is 662 g/mol. The van der Waals surface area contributed by atoms with Gasteiger partial charge in [-0.25, -0.2) is 14.4 Å². The van der Waals surface area contributed by atoms with E-state index in [9.17, 15) is 48.3 Å². The number of urea groups is 1. The fourth-order valence-electron chi connectivity index (χ4n) is 4.26. The molecule has 2 atom stereocenters. The molecule has 0 rings (SSSR count). The van der Waals surface area contributed by atoms with Crippen LogP contribution in [0.5, 0.6) is 0 Å². The van der Waals surface area contributed by atoms with Crippen molar-refractivity contribution in [3.63, 3.8) is 0 Å². The van der Waals surface area contributed by atoms with Gasteiger partial charge in [0.1, 0.15) is 12.1 Å². The van der Waals surface area contributed by atoms with Crippen molar-refractivity contribution in [1.29, 1.82) is 0 Å². The van der Waals surface area contributed by atoms with E-state index in [1.54, 1.807) is 6.92 Å². The normalized spacial score (nSPS) is 11.6. The average molecular weight is 716 g/mol. The van der Waals surface area contributed by atoms with Gasteiger partial charge < -0.3 is 52.5 Å². The number of aliphatic carboxylic acids is 3. The van der Waals surface area contributed by atoms with Gasteiger partial charge in [0, 0.05) is 45.3 Å². The molecule has 0 aromatic carbocycles. The Kier molecular flexibility index (Phi) is 25.2. The molecule has 0 aliphatic carbocycles. The van der Waals surface area contributed by atoms with Gasteiger partial charge in [0.2, 0.25) is 29.5 Å². The van der Waals surface area contributed by atoms with Crippen LogP contribution < -0.4 is 37.2 Å². The van der Waals surface area contributed by atoms with Crippen LogP contribution in [-0.4, -0.2) is 114 Å². The maximum atomic E-state index is 12.0. The summed E-state index contributed by atoms with van der Waals surface area (Å²) in [7, 11) is 0. The number of carbonyl (C=O) groups excluding carboxylic acids is 6. The first-order valence-corrected chi connectivity index (χ1v) is 16.8. The molecule has 2 unspecified atom stereocenters. The summed E-state index contributed by atoms with van der Waals surface area (Å²) in [6.45, 7) is 2.48. The SMILES string of the molecule is CCC(=O)NCCCCCC(=O)NCC(=O)NCC(=O)NCCCCCC(=O)NCCCCC(NC(=O)NC(CCC(=O)O)C(=O)O)C(=O)O. The number of carboxylic acid groups (broad SMARTS) is 3. The molecule has 10 N–H and O–H groups in total. The molecule has 0 heterocycles. The van der Waals surface area contributed by atoms with Gasteiger partial charge >= 0.3 is 23.9 Å². The maximum Gasteiger partial charge on any atom is 0.326 e. The van der Waals surface area contributed by atoms with Gasteiger partial charge in [-0.05, 0) is 51.4 Å². The van der Waals surface area contributed by atoms with Gasteiger partial charge in [-0.1, -0.05) is 19.8 Å². The van der Waals surface area contributed by atoms with Crippen molar-refractivity contribution < 1.29 is 58.5 Å². The fraction of sp³-hybridized carbons (Fsp3) is 0.710. The highest BCUT2D eigenvalue weighted by Crippen LogP contribution is 2.04. The smallest absolute Gasteiger partial charge is 0.326 e. The number of nitrogens with one attached hydrogen (secondary N) is 7. The monoisotopic (exact) mass is 715 g/mol. The van der Waals surface area contributed by atoms with E-state index in [0.29, 0.717) is 58.0 Å². The lowest BCUT2D eigenvalue weighted by molar-refractivity contribution is -0.141. The second kappa shape index (κ2) is 27.9. The van der Waals surface area contributed by atoms with Crippen LogP contribution in [-0.2, 0) is 38.4 Å². The Morgan fingerprint density at radius 3 is 1.38 bits per heavy atom. The first-order valence-electron chi connectivity index (χ1n) is 16.8. The van der Waals surface area contributed by atoms with E-state index >= 15 is 0 Å². The zero-order valence-corrected chi connectivity index (χ0v) is 28.6. The zero-order chi connectivity index (χ0) is 37.7. The summed E-state index contributed by atoms with van der Waals surface area (Å²) < 4.78 is 0. The maximum absolute atomic E-state index is 12.0. The first-order chi connectivity index (χ1) is 23.7. The van der Waals surface area contributed by atoms with E-state index in [1.165, 1.54) is 0 Å². The zero-order valence-electron chi connectivity index (χ0n) is 28.6. The van der Waals surface area contributed by atoms with Crippen LogP contribution in [0.4, 0.5) is 4.79 Å². The fourth-order valence-corrected chi connectivity index (χ4v) is 4.26. The van der Waals surface area contributed by atoms with Crippen LogP contribution >= 0.6 is 0 Å². The minimum Gasteiger partial charge on any atom is -0.481 e. The van der Waals surface area contributed by atoms with E-state index in [2.05, 4.69) is 37.2 Å². The lowest BCUT2D eigenvalue weighted by atomic mass is 10.1. The molecule has 0 bridgehead atoms. The Morgan fingerprint density at radius 2 is 0.880 bits per heavy atom. The Labute approximate surface area is 290 Å². The van der Waals surface area contributed by atoms with E-state index in [0.717, 1.165) is 12.8 Å². The van der Waals surface area contributed by atoms with Crippen molar-refractivity contribution in [2.75, 3.05) is 32.7 Å². The topological polar surface area (TPSA) is 299 Å². The quantitative estimate of drug-likeness (QED) is 0.0432. The molecule has 0 aromatic heterocycles. The van der Waals surface area contributed by atoms with Gasteiger partial charge in [-0.2, -0.15) is 0 Å². The van der Waals surface area contributed by atoms with E-state index < -0.39 is 54.3 Å². The van der Waals surface area contributed by atoms with Crippen LogP contribution in [0.2, 0.25) is 0 Å². The summed E-state index contributed by atoms with van der Waals surface area (Å²) in [5, 5.41) is 44.4. The summed E-state index contributed by atoms with van der Waals surface area (Å²) >= 11 is 0. The van der Waals surface area contributed by atoms with Crippen molar-refractivity contribution in [2.45, 2.75) is 109 Å². The molecule has 0 aliphatic rings. The van der Waals surface area contributed by atoms with Gasteiger partial charge in [-0.15, -0.1) is 0 Å². The van der Waals surface area contributed by atoms with Crippen molar-refractivity contribution >= 4 is 53.5 Å². The van der Waals surface area contributed by atoms with E-state index in [1.807, 2.05) is 0 Å². The lowest BCUT2D eigenvalue weighted by Crippen LogP contribution is -2.51. The summed E-state index contributed by atoms with van der Waals surface area (Å²) in [6.07, 6.45) is 4.83. The number of carbonyl (C=O) groups is 9. The summed E-state index contributed by atoms with van der Waals surface area (Å²) in [5.41, 5.74) is 0. The van der Waals surface area contributed by atoms with Crippen molar-refractivity contribution in [2.24, 2.45) is 0 Å². The minimum absolute atomic E-state index is 0.0145. The van der Waals surface area contributed by atoms with Crippen LogP contribution in [0.15, 0.2) is 0 Å². The second-order valence-corrected chi connectivity index (χ2v) is 11.4. The number of unbranched alkanes of at least 4 members (excludes halogenated alkanes) is 5. The highest BCUT2D eigenvalue weighted by Gasteiger charge is 2.24. The van der Waals surface area contributed by atoms with Crippen molar-refractivity contribution in [3.8, 4) is 0 Å². The molecule has 0 aliphatic heterocycles. The Bertz CT molecular complexity index is 1140. The molecule has 0 saturated carbocycles. The number of carboxylic acids is 3. The van der Waals surface area contributed by atoms with Crippen LogP contribution in [0.25, 0.3) is 0 Å². The third kappa shape index (κ3) is 26.0. The standard InChI is InChI=1S/C31H53N7O12/c1-2-23(39)32-16-8-4-6-13-25(41)35-20-27(43)36-19-26(42)34-17-9-3-5-12-24(40)33-18-10-7-11-21(29(46)47)37-31(50)38-22(30(48)49)14-15-28(44)45/h21-22H,2-20H2,1H3,(H,32,39)(H,33,40)(H,34,42)(H,35,41)(H,36,43)(H,44,45)(H,46,47)(H,48,49)(H2,37,38,50). The highest BCUT2D eigenvalue weighted by atomic mass is 16.4. The average Bonchev–Trinajstić information content (AvgIpc) is 3.06. The number of hydrogen-bond acceptors (Lipinski definition) is 9. The summed E-state index contributed by atoms with van der Waals surface area (Å²) in [5.74, 6) is -5.40. The van der Waals surface area contributed by atoms with Crippen LogP contribution in [0.1, 0.15) is 96.8 Å². The molecule has 19 nitrogen and oxygen atoms in total. The molecule has 0 saturated heterocycles. The molecule has 0 spiro atoms. The lowest BCUT2D eigenvalue weighted by Gasteiger charge is -2.18. The summed E-state index contributed by atoms with van der Waals surface area (Å²) in [4.78, 5) is 104. The Balaban J connectivity index is 3.92. The van der Waals surface area contributed by atoms with Crippen molar-refractivity contribution in [1.82, 2.24) is 37.2 Å². The molecule has 0 fully saturated rings. The van der Waals surface area contributed by atoms with E-state index in [4.69, 9.17) is 10.2 Å². The van der Waals surface area contributed by atoms with Gasteiger partial charge in [-0.3, -0.25) is 28.8 Å². The molecule has 19 heteroatoms. The predicted octanol–water partition coefficient (Wildman–Crippen LogP) is -0.661. The first kappa shape index (κ1) is 45.0. The largest absolute Gasteiger partial charge is 0.481 e. The number of rotatable bonds is 29. The Morgan fingerprint density at radius 1 is 0.460 bits per heavy atom. The molecule has 7 amide bonds. The van der Waals surface area contributed by atoms with Crippen LogP contribution in [0.3, 0.4) is 0 Å². The van der Waals surface area contributed by atoms with Crippen LogP contribution in [0, 0.1) is 0 Å². The highest BCUT2D eigenvalue weighted by molar-refractivity contribution is 5.88. The molecule has 284 valence electrons. The summed E-state index contributed by atoms with van der Waals surface area (Å²) in [6, 6.07) is -3.87. The predicted molar refractivity (Wildman–Crippen MR) is 178 cm³/mol. The molecule has 0 aromatic rings. The van der Waals surface area contributed by atoms with Gasteiger partial charge in [0.15, 0.2) is 0 Å². The minimum atomic E-state index is -1.50.